The van der Waals surface area contributed by atoms with Crippen LogP contribution in [0.25, 0.3) is 0 Å². The molecule has 0 saturated heterocycles. The van der Waals surface area contributed by atoms with Crippen LogP contribution < -0.4 is 0 Å². The molecule has 5 rings (SSSR count). The number of hydrogen-bond donors (Lipinski definition) is 2. The summed E-state index contributed by atoms with van der Waals surface area (Å²) in [7, 11) is 0. The molecular weight excluding hydrogens is 410 g/mol. The number of hydrogen-bond acceptors (Lipinski definition) is 7. The van der Waals surface area contributed by atoms with Gasteiger partial charge in [0.15, 0.2) is 0 Å². The molecule has 2 N–H and O–H groups in total. The number of cyclic esters (lactones) is 1. The molecule has 0 radical (unpaired) electrons. The fraction of sp³-hybridized carbons (Fsp3) is 0.800. The molecule has 32 heavy (non-hydrogen) atoms. The molecular formula is C25H33NO6. The van der Waals surface area contributed by atoms with Gasteiger partial charge >= 0.3 is 11.9 Å². The van der Waals surface area contributed by atoms with E-state index in [4.69, 9.17) is 9.47 Å². The zero-order valence-corrected chi connectivity index (χ0v) is 18.9. The molecule has 0 aromatic rings. The van der Waals surface area contributed by atoms with Crippen molar-refractivity contribution in [3.05, 3.63) is 12.2 Å². The maximum absolute atomic E-state index is 12.2. The van der Waals surface area contributed by atoms with Crippen LogP contribution in [0.4, 0.5) is 0 Å². The van der Waals surface area contributed by atoms with E-state index in [1.54, 1.807) is 0 Å². The fourth-order valence-corrected chi connectivity index (χ4v) is 8.57. The first-order chi connectivity index (χ1) is 15.1. The maximum Gasteiger partial charge on any atom is 0.331 e. The topological polar surface area (TPSA) is 117 Å². The highest BCUT2D eigenvalue weighted by Crippen LogP contribution is 2.70. The molecule has 174 valence electrons. The molecule has 0 aromatic heterocycles. The van der Waals surface area contributed by atoms with Gasteiger partial charge in [0, 0.05) is 30.8 Å². The van der Waals surface area contributed by atoms with Gasteiger partial charge in [0.05, 0.1) is 22.7 Å². The third-order valence-corrected chi connectivity index (χ3v) is 10.1. The second-order valence-corrected chi connectivity index (χ2v) is 11.1. The van der Waals surface area contributed by atoms with E-state index in [9.17, 15) is 25.1 Å². The van der Waals surface area contributed by atoms with Crippen molar-refractivity contribution in [2.45, 2.75) is 95.0 Å². The maximum atomic E-state index is 12.2. The summed E-state index contributed by atoms with van der Waals surface area (Å²) in [5.74, 6) is -0.827. The molecule has 9 atom stereocenters. The Labute approximate surface area is 188 Å². The van der Waals surface area contributed by atoms with Gasteiger partial charge in [-0.1, -0.05) is 6.92 Å². The molecule has 4 aliphatic carbocycles. The Morgan fingerprint density at radius 3 is 2.50 bits per heavy atom. The quantitative estimate of drug-likeness (QED) is 0.630. The molecule has 0 unspecified atom stereocenters. The number of rotatable bonds is 2. The van der Waals surface area contributed by atoms with E-state index in [-0.39, 0.29) is 48.3 Å². The average Bonchev–Trinajstić information content (AvgIpc) is 3.27. The summed E-state index contributed by atoms with van der Waals surface area (Å²) in [6.07, 6.45) is 7.86. The third-order valence-electron chi connectivity index (χ3n) is 10.1. The molecule has 7 nitrogen and oxygen atoms in total. The molecule has 0 spiro atoms. The van der Waals surface area contributed by atoms with Crippen molar-refractivity contribution in [2.75, 3.05) is 0 Å². The molecule has 0 bridgehead atoms. The summed E-state index contributed by atoms with van der Waals surface area (Å²) < 4.78 is 10.9. The smallest absolute Gasteiger partial charge is 0.331 e. The van der Waals surface area contributed by atoms with Gasteiger partial charge in [0.1, 0.15) is 12.2 Å². The first kappa shape index (κ1) is 21.9. The second kappa shape index (κ2) is 7.04. The minimum absolute atomic E-state index is 0.0506. The number of nitriles is 1. The largest absolute Gasteiger partial charge is 0.462 e. The van der Waals surface area contributed by atoms with E-state index in [0.717, 1.165) is 19.3 Å². The molecule has 5 aliphatic rings. The zero-order valence-electron chi connectivity index (χ0n) is 18.9. The van der Waals surface area contributed by atoms with Crippen LogP contribution in [0.1, 0.15) is 71.6 Å². The van der Waals surface area contributed by atoms with Crippen LogP contribution in [0.2, 0.25) is 0 Å². The van der Waals surface area contributed by atoms with E-state index >= 15 is 0 Å². The normalized spacial score (nSPS) is 51.7. The van der Waals surface area contributed by atoms with Crippen LogP contribution in [0.15, 0.2) is 12.2 Å². The van der Waals surface area contributed by atoms with Crippen molar-refractivity contribution in [3.8, 4) is 6.07 Å². The highest BCUT2D eigenvalue weighted by Gasteiger charge is 2.72. The van der Waals surface area contributed by atoms with Gasteiger partial charge in [0.25, 0.3) is 0 Å². The number of fused-ring (bicyclic) bond motifs is 5. The second-order valence-electron chi connectivity index (χ2n) is 11.1. The van der Waals surface area contributed by atoms with Gasteiger partial charge < -0.3 is 19.7 Å². The van der Waals surface area contributed by atoms with E-state index in [1.807, 2.05) is 6.08 Å². The molecule has 7 heteroatoms. The van der Waals surface area contributed by atoms with Crippen LogP contribution in [-0.2, 0) is 19.1 Å². The molecule has 0 aromatic carbocycles. The number of carbonyl (C=O) groups is 2. The summed E-state index contributed by atoms with van der Waals surface area (Å²) in [5, 5.41) is 34.4. The first-order valence-electron chi connectivity index (χ1n) is 12.0. The average molecular weight is 444 g/mol. The summed E-state index contributed by atoms with van der Waals surface area (Å²) in [5.41, 5.74) is -3.52. The van der Waals surface area contributed by atoms with Gasteiger partial charge in [-0.25, -0.2) is 4.79 Å². The van der Waals surface area contributed by atoms with E-state index in [0.29, 0.717) is 32.1 Å². The van der Waals surface area contributed by atoms with Crippen LogP contribution in [-0.4, -0.2) is 45.6 Å². The highest BCUT2D eigenvalue weighted by atomic mass is 16.5. The van der Waals surface area contributed by atoms with Crippen molar-refractivity contribution in [1.82, 2.24) is 0 Å². The van der Waals surface area contributed by atoms with Crippen molar-refractivity contribution in [1.29, 1.82) is 5.26 Å². The van der Waals surface area contributed by atoms with Gasteiger partial charge in [-0.05, 0) is 69.3 Å². The Morgan fingerprint density at radius 1 is 1.12 bits per heavy atom. The molecule has 1 heterocycles. The van der Waals surface area contributed by atoms with Gasteiger partial charge in [0.2, 0.25) is 0 Å². The minimum Gasteiger partial charge on any atom is -0.462 e. The van der Waals surface area contributed by atoms with E-state index in [1.165, 1.54) is 13.0 Å². The van der Waals surface area contributed by atoms with Crippen molar-refractivity contribution in [3.63, 3.8) is 0 Å². The predicted molar refractivity (Wildman–Crippen MR) is 113 cm³/mol. The number of nitrogens with zero attached hydrogens (tertiary/aromatic N) is 1. The lowest BCUT2D eigenvalue weighted by Gasteiger charge is -2.64. The lowest BCUT2D eigenvalue weighted by Crippen LogP contribution is -2.68. The Morgan fingerprint density at radius 2 is 1.84 bits per heavy atom. The van der Waals surface area contributed by atoms with Gasteiger partial charge in [-0.2, -0.15) is 5.26 Å². The number of aliphatic hydroxyl groups is 2. The van der Waals surface area contributed by atoms with Crippen molar-refractivity contribution >= 4 is 11.9 Å². The fourth-order valence-electron chi connectivity index (χ4n) is 8.57. The SMILES string of the molecule is CC(=O)O[C@@H]1CC[C@]2(C#N)[C@H]3CC[C@]4(C)[C@H]([C@@H]5C=CC(=O)O5)CC[C@]4(O)[C@@H]3CC[C@]2(O)C1. The monoisotopic (exact) mass is 443 g/mol. The van der Waals surface area contributed by atoms with Crippen LogP contribution in [0.5, 0.6) is 0 Å². The Balaban J connectivity index is 1.45. The molecule has 4 fully saturated rings. The number of ether oxygens (including phenoxy) is 2. The Bertz CT molecular complexity index is 911. The lowest BCUT2D eigenvalue weighted by atomic mass is 9.41. The summed E-state index contributed by atoms with van der Waals surface area (Å²) in [6.45, 7) is 3.50. The summed E-state index contributed by atoms with van der Waals surface area (Å²) in [4.78, 5) is 23.2. The lowest BCUT2D eigenvalue weighted by molar-refractivity contribution is -0.247. The van der Waals surface area contributed by atoms with Gasteiger partial charge in [-0.3, -0.25) is 4.79 Å². The number of esters is 2. The summed E-state index contributed by atoms with van der Waals surface area (Å²) >= 11 is 0. The highest BCUT2D eigenvalue weighted by molar-refractivity contribution is 5.84. The van der Waals surface area contributed by atoms with Crippen LogP contribution in [0.3, 0.4) is 0 Å². The van der Waals surface area contributed by atoms with E-state index < -0.39 is 22.0 Å². The van der Waals surface area contributed by atoms with Crippen LogP contribution >= 0.6 is 0 Å². The number of carbonyl (C=O) groups excluding carboxylic acids is 2. The third kappa shape index (κ3) is 2.72. The van der Waals surface area contributed by atoms with Crippen molar-refractivity contribution < 1.29 is 29.3 Å². The minimum atomic E-state index is -1.22. The Hall–Kier alpha value is -1.91. The van der Waals surface area contributed by atoms with E-state index in [2.05, 4.69) is 13.0 Å². The first-order valence-corrected chi connectivity index (χ1v) is 12.0. The van der Waals surface area contributed by atoms with Gasteiger partial charge in [-0.15, -0.1) is 0 Å². The predicted octanol–water partition coefficient (Wildman–Crippen LogP) is 2.79. The van der Waals surface area contributed by atoms with Crippen LogP contribution in [0, 0.1) is 39.9 Å². The molecule has 4 saturated carbocycles. The Kier molecular flexibility index (Phi) is 4.82. The van der Waals surface area contributed by atoms with Crippen molar-refractivity contribution in [2.24, 2.45) is 28.6 Å². The summed E-state index contributed by atoms with van der Waals surface area (Å²) in [6, 6.07) is 2.53. The zero-order chi connectivity index (χ0) is 22.9. The standard InChI is InChI=1S/C25H33NO6/c1-15(27)31-16-5-10-23(14-26)17-6-9-22(2)19(20-3-4-21(28)32-20)8-12-25(22,30)18(17)7-11-24(23,29)13-16/h3-4,16-20,29-30H,5-13H2,1-2H3/t16-,17+,18-,19+,20+,22-,23+,24+,25+/m1/s1. The molecule has 1 aliphatic heterocycles. The molecule has 0 amide bonds.